The van der Waals surface area contributed by atoms with E-state index in [1.165, 1.54) is 7.11 Å². The molecule has 1 aliphatic carbocycles. The average molecular weight is 194 g/mol. The molecule has 14 heavy (non-hydrogen) atoms. The van der Waals surface area contributed by atoms with E-state index < -0.39 is 0 Å². The van der Waals surface area contributed by atoms with E-state index in [0.29, 0.717) is 12.2 Å². The molecule has 0 aliphatic heterocycles. The highest BCUT2D eigenvalue weighted by Gasteiger charge is 2.17. The Balaban J connectivity index is 2.53. The number of nitrogens with one attached hydrogen (secondary N) is 1. The van der Waals surface area contributed by atoms with Gasteiger partial charge >= 0.3 is 5.97 Å². The van der Waals surface area contributed by atoms with Crippen molar-refractivity contribution in [3.63, 3.8) is 0 Å². The highest BCUT2D eigenvalue weighted by Crippen LogP contribution is 2.16. The fraction of sp³-hybridized carbons (Fsp3) is 0.300. The van der Waals surface area contributed by atoms with Gasteiger partial charge in [0.1, 0.15) is 0 Å². The van der Waals surface area contributed by atoms with Gasteiger partial charge in [0.15, 0.2) is 0 Å². The summed E-state index contributed by atoms with van der Waals surface area (Å²) < 4.78 is 4.62. The minimum absolute atomic E-state index is 0.184. The summed E-state index contributed by atoms with van der Waals surface area (Å²) in [5.41, 5.74) is 6.23. The summed E-state index contributed by atoms with van der Waals surface area (Å²) in [6, 6.07) is 0. The molecule has 1 aliphatic rings. The van der Waals surface area contributed by atoms with Crippen LogP contribution in [0.5, 0.6) is 0 Å². The summed E-state index contributed by atoms with van der Waals surface area (Å²) in [5.74, 6) is -0.0165. The van der Waals surface area contributed by atoms with Gasteiger partial charge in [-0.15, -0.1) is 0 Å². The highest BCUT2D eigenvalue weighted by molar-refractivity contribution is 5.75. The van der Waals surface area contributed by atoms with Crippen LogP contribution in [-0.2, 0) is 9.53 Å². The second-order valence-corrected chi connectivity index (χ2v) is 3.03. The molecule has 4 nitrogen and oxygen atoms in total. The summed E-state index contributed by atoms with van der Waals surface area (Å²) in [6.45, 7) is 3.52. The van der Waals surface area contributed by atoms with Gasteiger partial charge in [0.25, 0.3) is 0 Å². The number of carbonyl (C=O) groups excluding carboxylic acids is 1. The molecule has 0 saturated heterocycles. The number of esters is 1. The molecule has 1 unspecified atom stereocenters. The first kappa shape index (κ1) is 10.4. The fourth-order valence-corrected chi connectivity index (χ4v) is 1.22. The molecule has 4 heteroatoms. The predicted octanol–water partition coefficient (Wildman–Crippen LogP) is 0.639. The quantitative estimate of drug-likeness (QED) is 0.647. The van der Waals surface area contributed by atoms with Crippen molar-refractivity contribution < 1.29 is 9.53 Å². The van der Waals surface area contributed by atoms with Crippen LogP contribution in [0.4, 0.5) is 0 Å². The minimum Gasteiger partial charge on any atom is -0.469 e. The lowest BCUT2D eigenvalue weighted by Crippen LogP contribution is -2.21. The molecule has 0 spiro atoms. The lowest BCUT2D eigenvalue weighted by Gasteiger charge is -2.14. The Hall–Kier alpha value is -1.71. The van der Waals surface area contributed by atoms with Gasteiger partial charge < -0.3 is 15.8 Å². The Morgan fingerprint density at radius 2 is 2.50 bits per heavy atom. The summed E-state index contributed by atoms with van der Waals surface area (Å²) in [4.78, 5) is 11.1. The van der Waals surface area contributed by atoms with Crippen LogP contribution in [0, 0.1) is 5.92 Å². The molecule has 0 amide bonds. The van der Waals surface area contributed by atoms with Crippen LogP contribution in [0.1, 0.15) is 6.42 Å². The Morgan fingerprint density at radius 1 is 1.79 bits per heavy atom. The number of carbonyl (C=O) groups is 1. The van der Waals surface area contributed by atoms with Gasteiger partial charge in [-0.2, -0.15) is 0 Å². The predicted molar refractivity (Wildman–Crippen MR) is 53.8 cm³/mol. The van der Waals surface area contributed by atoms with Crippen LogP contribution in [0.15, 0.2) is 36.3 Å². The van der Waals surface area contributed by atoms with Crippen molar-refractivity contribution in [1.29, 1.82) is 0 Å². The third-order valence-corrected chi connectivity index (χ3v) is 1.91. The molecule has 0 aromatic carbocycles. The summed E-state index contributed by atoms with van der Waals surface area (Å²) in [5, 5.41) is 2.86. The Bertz CT molecular complexity index is 305. The van der Waals surface area contributed by atoms with Gasteiger partial charge in [0, 0.05) is 5.70 Å². The standard InChI is InChI=1S/C10H14N2O2/c1-7(11)12-9-5-3-8(4-6-9)10(13)14-2/h3,5-6,8,12H,1,4,11H2,2H3. The molecule has 1 atom stereocenters. The van der Waals surface area contributed by atoms with Crippen LogP contribution in [0.25, 0.3) is 0 Å². The number of allylic oxidation sites excluding steroid dienone is 2. The number of hydrogen-bond donors (Lipinski definition) is 2. The van der Waals surface area contributed by atoms with E-state index in [0.717, 1.165) is 5.70 Å². The van der Waals surface area contributed by atoms with Crippen molar-refractivity contribution in [1.82, 2.24) is 5.32 Å². The number of ether oxygens (including phenoxy) is 1. The Kier molecular flexibility index (Phi) is 3.34. The van der Waals surface area contributed by atoms with E-state index in [-0.39, 0.29) is 11.9 Å². The molecule has 0 fully saturated rings. The number of nitrogens with two attached hydrogens (primary N) is 1. The lowest BCUT2D eigenvalue weighted by molar-refractivity contribution is -0.143. The first-order valence-electron chi connectivity index (χ1n) is 4.31. The van der Waals surface area contributed by atoms with E-state index in [4.69, 9.17) is 5.73 Å². The van der Waals surface area contributed by atoms with E-state index in [1.807, 2.05) is 6.08 Å². The van der Waals surface area contributed by atoms with E-state index in [9.17, 15) is 4.79 Å². The van der Waals surface area contributed by atoms with Crippen molar-refractivity contribution >= 4 is 5.97 Å². The zero-order valence-electron chi connectivity index (χ0n) is 8.12. The third kappa shape index (κ3) is 2.65. The first-order valence-corrected chi connectivity index (χ1v) is 4.31. The minimum atomic E-state index is -0.219. The van der Waals surface area contributed by atoms with Gasteiger partial charge in [-0.1, -0.05) is 18.7 Å². The van der Waals surface area contributed by atoms with Crippen LogP contribution >= 0.6 is 0 Å². The molecule has 1 rings (SSSR count). The van der Waals surface area contributed by atoms with Crippen molar-refractivity contribution in [2.24, 2.45) is 11.7 Å². The Morgan fingerprint density at radius 3 is 2.93 bits per heavy atom. The molecular weight excluding hydrogens is 180 g/mol. The van der Waals surface area contributed by atoms with Gasteiger partial charge in [0.05, 0.1) is 18.8 Å². The summed E-state index contributed by atoms with van der Waals surface area (Å²) in [7, 11) is 1.38. The van der Waals surface area contributed by atoms with Gasteiger partial charge in [-0.3, -0.25) is 4.79 Å². The number of hydrogen-bond acceptors (Lipinski definition) is 4. The zero-order valence-corrected chi connectivity index (χ0v) is 8.12. The van der Waals surface area contributed by atoms with Gasteiger partial charge in [-0.05, 0) is 12.5 Å². The smallest absolute Gasteiger partial charge is 0.312 e. The highest BCUT2D eigenvalue weighted by atomic mass is 16.5. The fourth-order valence-electron chi connectivity index (χ4n) is 1.22. The summed E-state index contributed by atoms with van der Waals surface area (Å²) >= 11 is 0. The molecule has 0 bridgehead atoms. The molecule has 0 saturated carbocycles. The molecule has 3 N–H and O–H groups in total. The zero-order chi connectivity index (χ0) is 10.6. The van der Waals surface area contributed by atoms with Crippen LogP contribution < -0.4 is 11.1 Å². The molecule has 0 radical (unpaired) electrons. The molecule has 0 heterocycles. The number of methoxy groups -OCH3 is 1. The van der Waals surface area contributed by atoms with Gasteiger partial charge in [0.2, 0.25) is 0 Å². The van der Waals surface area contributed by atoms with Crippen molar-refractivity contribution in [3.05, 3.63) is 36.3 Å². The normalized spacial score (nSPS) is 19.8. The topological polar surface area (TPSA) is 64.3 Å². The maximum atomic E-state index is 11.1. The second-order valence-electron chi connectivity index (χ2n) is 3.03. The second kappa shape index (κ2) is 4.50. The Labute approximate surface area is 83.1 Å². The maximum absolute atomic E-state index is 11.1. The molecule has 0 aromatic heterocycles. The SMILES string of the molecule is C=C(N)NC1=CCC(C(=O)OC)C=C1. The molecule has 0 aromatic rings. The maximum Gasteiger partial charge on any atom is 0.312 e. The average Bonchev–Trinajstić information content (AvgIpc) is 2.17. The van der Waals surface area contributed by atoms with E-state index >= 15 is 0 Å². The third-order valence-electron chi connectivity index (χ3n) is 1.91. The lowest BCUT2D eigenvalue weighted by atomic mass is 10.00. The summed E-state index contributed by atoms with van der Waals surface area (Å²) in [6.07, 6.45) is 6.10. The van der Waals surface area contributed by atoms with Gasteiger partial charge in [-0.25, -0.2) is 0 Å². The number of rotatable bonds is 3. The monoisotopic (exact) mass is 194 g/mol. The largest absolute Gasteiger partial charge is 0.469 e. The van der Waals surface area contributed by atoms with Crippen molar-refractivity contribution in [2.45, 2.75) is 6.42 Å². The molecular formula is C10H14N2O2. The van der Waals surface area contributed by atoms with Crippen LogP contribution in [-0.4, -0.2) is 13.1 Å². The van der Waals surface area contributed by atoms with Crippen LogP contribution in [0.2, 0.25) is 0 Å². The van der Waals surface area contributed by atoms with Crippen molar-refractivity contribution in [3.8, 4) is 0 Å². The van der Waals surface area contributed by atoms with Crippen molar-refractivity contribution in [2.75, 3.05) is 7.11 Å². The van der Waals surface area contributed by atoms with Crippen LogP contribution in [0.3, 0.4) is 0 Å². The molecule has 76 valence electrons. The first-order chi connectivity index (χ1) is 6.63. The van der Waals surface area contributed by atoms with E-state index in [1.54, 1.807) is 12.2 Å². The van der Waals surface area contributed by atoms with E-state index in [2.05, 4.69) is 16.6 Å².